The van der Waals surface area contributed by atoms with Crippen molar-refractivity contribution in [2.45, 2.75) is 59.1 Å². The average molecular weight is 656 g/mol. The summed E-state index contributed by atoms with van der Waals surface area (Å²) in [6.45, 7) is 14.3. The molecule has 5 aromatic rings. The lowest BCUT2D eigenvalue weighted by molar-refractivity contribution is 0.116. The average Bonchev–Trinajstić information content (AvgIpc) is 3.33. The van der Waals surface area contributed by atoms with Gasteiger partial charge in [0.1, 0.15) is 0 Å². The number of methoxy groups -OCH3 is 1. The maximum absolute atomic E-state index is 7.43. The Bertz CT molecular complexity index is 1640. The van der Waals surface area contributed by atoms with Gasteiger partial charge >= 0.3 is 0 Å². The minimum atomic E-state index is -2.67. The van der Waals surface area contributed by atoms with Crippen molar-refractivity contribution in [2.75, 3.05) is 13.7 Å². The second kappa shape index (κ2) is 12.5. The molecule has 2 heterocycles. The van der Waals surface area contributed by atoms with E-state index < -0.39 is 8.32 Å². The summed E-state index contributed by atoms with van der Waals surface area (Å²) in [5, 5.41) is 3.73. The SMILES string of the molecule is COC(C)c1ncccc1-c1[nH]c2ccc(Br)cc2c1CC(C)(C)CO[Si](c1ccccc1)(c1ccccc1)C(C)(C)C. The van der Waals surface area contributed by atoms with Crippen LogP contribution in [0.5, 0.6) is 0 Å². The molecule has 1 N–H and O–H groups in total. The molecule has 4 nitrogen and oxygen atoms in total. The molecule has 1 unspecified atom stereocenters. The van der Waals surface area contributed by atoms with Gasteiger partial charge in [0.25, 0.3) is 8.32 Å². The second-order valence-corrected chi connectivity index (χ2v) is 18.5. The first-order valence-electron chi connectivity index (χ1n) is 15.0. The molecule has 0 amide bonds. The Kier molecular flexibility index (Phi) is 9.14. The standard InChI is InChI=1S/C37H43BrN2O2Si/c1-26(41-7)34-30(19-14-22-39-34)35-32(31-23-27(38)20-21-33(31)40-35)24-37(5,6)25-42-43(36(2,3)4,28-15-10-8-11-16-28)29-17-12-9-13-18-29/h8-23,26,40H,24-25H2,1-7H3. The summed E-state index contributed by atoms with van der Waals surface area (Å²) in [7, 11) is -0.937. The van der Waals surface area contributed by atoms with Crippen LogP contribution in [-0.2, 0) is 15.6 Å². The number of H-pyrrole nitrogens is 1. The number of aromatic amines is 1. The van der Waals surface area contributed by atoms with Crippen LogP contribution in [0.2, 0.25) is 5.04 Å². The van der Waals surface area contributed by atoms with Gasteiger partial charge in [0.2, 0.25) is 0 Å². The number of ether oxygens (including phenoxy) is 1. The van der Waals surface area contributed by atoms with Crippen molar-refractivity contribution in [3.8, 4) is 11.3 Å². The fraction of sp³-hybridized carbons (Fsp3) is 0.324. The quantitative estimate of drug-likeness (QED) is 0.153. The van der Waals surface area contributed by atoms with E-state index in [0.717, 1.165) is 33.4 Å². The van der Waals surface area contributed by atoms with Crippen LogP contribution in [0.25, 0.3) is 22.2 Å². The van der Waals surface area contributed by atoms with Gasteiger partial charge in [-0.2, -0.15) is 0 Å². The van der Waals surface area contributed by atoms with Crippen LogP contribution in [0.1, 0.15) is 58.9 Å². The van der Waals surface area contributed by atoms with Crippen molar-refractivity contribution in [1.82, 2.24) is 9.97 Å². The number of fused-ring (bicyclic) bond motifs is 1. The van der Waals surface area contributed by atoms with Crippen LogP contribution in [-0.4, -0.2) is 32.0 Å². The zero-order chi connectivity index (χ0) is 30.8. The van der Waals surface area contributed by atoms with Gasteiger partial charge < -0.3 is 14.1 Å². The summed E-state index contributed by atoms with van der Waals surface area (Å²) < 4.78 is 14.2. The van der Waals surface area contributed by atoms with Crippen molar-refractivity contribution < 1.29 is 9.16 Å². The highest BCUT2D eigenvalue weighted by Gasteiger charge is 2.50. The maximum Gasteiger partial charge on any atom is 0.261 e. The number of rotatable bonds is 10. The van der Waals surface area contributed by atoms with Gasteiger partial charge in [0.05, 0.1) is 17.5 Å². The van der Waals surface area contributed by atoms with Crippen LogP contribution >= 0.6 is 15.9 Å². The third kappa shape index (κ3) is 6.30. The van der Waals surface area contributed by atoms with E-state index in [-0.39, 0.29) is 16.6 Å². The normalized spacial score (nSPS) is 13.4. The van der Waals surface area contributed by atoms with E-state index >= 15 is 0 Å². The second-order valence-electron chi connectivity index (χ2n) is 13.3. The lowest BCUT2D eigenvalue weighted by Crippen LogP contribution is -2.67. The molecule has 1 atom stereocenters. The zero-order valence-corrected chi connectivity index (χ0v) is 29.0. The number of benzene rings is 3. The molecule has 0 saturated heterocycles. The van der Waals surface area contributed by atoms with Crippen LogP contribution in [0.3, 0.4) is 0 Å². The molecule has 0 aliphatic heterocycles. The molecule has 3 aromatic carbocycles. The molecule has 0 aliphatic rings. The van der Waals surface area contributed by atoms with Gasteiger partial charge in [-0.1, -0.05) is 111 Å². The Morgan fingerprint density at radius 3 is 2.07 bits per heavy atom. The number of hydrogen-bond acceptors (Lipinski definition) is 3. The van der Waals surface area contributed by atoms with Crippen LogP contribution in [0.15, 0.2) is 102 Å². The fourth-order valence-electron chi connectivity index (χ4n) is 6.29. The monoisotopic (exact) mass is 654 g/mol. The number of hydrogen-bond donors (Lipinski definition) is 1. The molecule has 2 aromatic heterocycles. The molecular weight excluding hydrogens is 612 g/mol. The maximum atomic E-state index is 7.43. The number of aromatic nitrogens is 2. The summed E-state index contributed by atoms with van der Waals surface area (Å²) in [4.78, 5) is 8.49. The molecule has 0 spiro atoms. The minimum Gasteiger partial charge on any atom is -0.407 e. The molecule has 224 valence electrons. The Morgan fingerprint density at radius 2 is 1.49 bits per heavy atom. The van der Waals surface area contributed by atoms with Crippen molar-refractivity contribution in [3.63, 3.8) is 0 Å². The van der Waals surface area contributed by atoms with Gasteiger partial charge in [-0.15, -0.1) is 0 Å². The largest absolute Gasteiger partial charge is 0.407 e. The molecule has 0 bridgehead atoms. The van der Waals surface area contributed by atoms with E-state index in [0.29, 0.717) is 6.61 Å². The van der Waals surface area contributed by atoms with Crippen molar-refractivity contribution in [3.05, 3.63) is 113 Å². The highest BCUT2D eigenvalue weighted by Crippen LogP contribution is 2.41. The lowest BCUT2D eigenvalue weighted by atomic mass is 9.84. The number of nitrogens with zero attached hydrogens (tertiary/aromatic N) is 1. The van der Waals surface area contributed by atoms with Crippen LogP contribution in [0, 0.1) is 5.41 Å². The topological polar surface area (TPSA) is 47.1 Å². The summed E-state index contributed by atoms with van der Waals surface area (Å²) in [6.07, 6.45) is 2.54. The van der Waals surface area contributed by atoms with Crippen molar-refractivity contribution in [2.24, 2.45) is 5.41 Å². The molecule has 6 heteroatoms. The number of nitrogens with one attached hydrogen (secondary N) is 1. The molecule has 0 radical (unpaired) electrons. The van der Waals surface area contributed by atoms with Crippen LogP contribution < -0.4 is 10.4 Å². The Hall–Kier alpha value is -3.03. The smallest absolute Gasteiger partial charge is 0.261 e. The number of halogens is 1. The lowest BCUT2D eigenvalue weighted by Gasteiger charge is -2.44. The summed E-state index contributed by atoms with van der Waals surface area (Å²) in [5.74, 6) is 0. The van der Waals surface area contributed by atoms with Crippen molar-refractivity contribution in [1.29, 1.82) is 0 Å². The first kappa shape index (κ1) is 31.4. The third-order valence-corrected chi connectivity index (χ3v) is 13.9. The first-order valence-corrected chi connectivity index (χ1v) is 17.7. The van der Waals surface area contributed by atoms with E-state index in [4.69, 9.17) is 14.1 Å². The number of pyridine rings is 1. The van der Waals surface area contributed by atoms with Crippen molar-refractivity contribution >= 4 is 45.5 Å². The molecule has 0 saturated carbocycles. The third-order valence-electron chi connectivity index (χ3n) is 8.47. The molecule has 43 heavy (non-hydrogen) atoms. The highest BCUT2D eigenvalue weighted by atomic mass is 79.9. The van der Waals surface area contributed by atoms with E-state index in [9.17, 15) is 0 Å². The van der Waals surface area contributed by atoms with Gasteiger partial charge in [0.15, 0.2) is 0 Å². The van der Waals surface area contributed by atoms with E-state index in [1.807, 2.05) is 19.2 Å². The predicted octanol–water partition coefficient (Wildman–Crippen LogP) is 8.85. The van der Waals surface area contributed by atoms with E-state index in [1.54, 1.807) is 7.11 Å². The fourth-order valence-corrected chi connectivity index (χ4v) is 11.4. The molecule has 0 fully saturated rings. The Labute approximate surface area is 266 Å². The summed E-state index contributed by atoms with van der Waals surface area (Å²) in [5.41, 5.74) is 5.30. The van der Waals surface area contributed by atoms with E-state index in [2.05, 4.69) is 140 Å². The molecule has 5 rings (SSSR count). The summed E-state index contributed by atoms with van der Waals surface area (Å²) in [6, 6.07) is 32.4. The molecule has 0 aliphatic carbocycles. The summed E-state index contributed by atoms with van der Waals surface area (Å²) >= 11 is 3.73. The van der Waals surface area contributed by atoms with Gasteiger partial charge in [0, 0.05) is 40.9 Å². The predicted molar refractivity (Wildman–Crippen MR) is 186 cm³/mol. The first-order chi connectivity index (χ1) is 20.5. The zero-order valence-electron chi connectivity index (χ0n) is 26.4. The van der Waals surface area contributed by atoms with Crippen LogP contribution in [0.4, 0.5) is 0 Å². The highest BCUT2D eigenvalue weighted by molar-refractivity contribution is 9.10. The van der Waals surface area contributed by atoms with E-state index in [1.165, 1.54) is 21.3 Å². The van der Waals surface area contributed by atoms with Gasteiger partial charge in [-0.3, -0.25) is 4.98 Å². The van der Waals surface area contributed by atoms with Gasteiger partial charge in [-0.25, -0.2) is 0 Å². The Morgan fingerprint density at radius 1 is 0.860 bits per heavy atom. The molecular formula is C37H43BrN2O2Si. The van der Waals surface area contributed by atoms with Gasteiger partial charge in [-0.05, 0) is 70.1 Å². The minimum absolute atomic E-state index is 0.0799. The Balaban J connectivity index is 1.59.